The number of fused-ring (bicyclic) bond motifs is 1. The fraction of sp³-hybridized carbons (Fsp3) is 0.158. The molecule has 132 valence electrons. The molecule has 1 aromatic heterocycles. The van der Waals surface area contributed by atoms with Gasteiger partial charge in [0.05, 0.1) is 34.8 Å². The lowest BCUT2D eigenvalue weighted by atomic mass is 10.1. The first-order valence-electron chi connectivity index (χ1n) is 7.58. The Labute approximate surface area is 152 Å². The van der Waals surface area contributed by atoms with Gasteiger partial charge in [-0.3, -0.25) is 0 Å². The minimum atomic E-state index is -4.47. The lowest BCUT2D eigenvalue weighted by Gasteiger charge is -2.13. The molecule has 0 radical (unpaired) electrons. The molecule has 0 amide bonds. The molecule has 0 aliphatic carbocycles. The van der Waals surface area contributed by atoms with Crippen LogP contribution in [0.5, 0.6) is 5.75 Å². The van der Waals surface area contributed by atoms with Crippen LogP contribution in [0.25, 0.3) is 10.9 Å². The molecule has 0 saturated heterocycles. The van der Waals surface area contributed by atoms with Crippen LogP contribution >= 0.6 is 11.8 Å². The molecule has 0 bridgehead atoms. The van der Waals surface area contributed by atoms with E-state index in [1.807, 2.05) is 6.07 Å². The number of nitriles is 1. The quantitative estimate of drug-likeness (QED) is 0.572. The second-order valence-electron chi connectivity index (χ2n) is 5.49. The predicted molar refractivity (Wildman–Crippen MR) is 94.0 cm³/mol. The first kappa shape index (κ1) is 18.1. The highest BCUT2D eigenvalue weighted by Crippen LogP contribution is 2.38. The number of hydrogen-bond donors (Lipinski definition) is 0. The number of nitrogens with zero attached hydrogens (tertiary/aromatic N) is 2. The molecular formula is C19H13F3N2OS. The van der Waals surface area contributed by atoms with Crippen LogP contribution < -0.4 is 4.74 Å². The number of aromatic nitrogens is 1. The summed E-state index contributed by atoms with van der Waals surface area (Å²) in [6, 6.07) is 14.4. The molecule has 1 heterocycles. The van der Waals surface area contributed by atoms with Crippen LogP contribution in [-0.4, -0.2) is 12.1 Å². The second kappa shape index (κ2) is 7.26. The number of pyridine rings is 1. The fourth-order valence-corrected chi connectivity index (χ4v) is 3.32. The predicted octanol–water partition coefficient (Wildman–Crippen LogP) is 5.43. The van der Waals surface area contributed by atoms with Crippen LogP contribution in [0, 0.1) is 11.3 Å². The first-order valence-corrected chi connectivity index (χ1v) is 8.57. The Morgan fingerprint density at radius 1 is 1.12 bits per heavy atom. The zero-order valence-corrected chi connectivity index (χ0v) is 14.5. The summed E-state index contributed by atoms with van der Waals surface area (Å²) in [5, 5.41) is 9.13. The fourth-order valence-electron chi connectivity index (χ4n) is 2.45. The summed E-state index contributed by atoms with van der Waals surface area (Å²) in [6.45, 7) is 0. The Balaban J connectivity index is 1.95. The molecule has 0 aliphatic heterocycles. The number of rotatable bonds is 4. The van der Waals surface area contributed by atoms with Crippen molar-refractivity contribution in [1.29, 1.82) is 5.26 Å². The molecular weight excluding hydrogens is 361 g/mol. The van der Waals surface area contributed by atoms with E-state index >= 15 is 0 Å². The number of thioether (sulfide) groups is 1. The zero-order valence-electron chi connectivity index (χ0n) is 13.7. The number of hydrogen-bond acceptors (Lipinski definition) is 4. The van der Waals surface area contributed by atoms with Crippen molar-refractivity contribution in [1.82, 2.24) is 4.98 Å². The number of halogens is 3. The highest BCUT2D eigenvalue weighted by molar-refractivity contribution is 7.98. The van der Waals surface area contributed by atoms with Crippen LogP contribution in [0.3, 0.4) is 0 Å². The Morgan fingerprint density at radius 2 is 1.85 bits per heavy atom. The average Bonchev–Trinajstić information content (AvgIpc) is 2.64. The van der Waals surface area contributed by atoms with Crippen molar-refractivity contribution in [3.05, 3.63) is 65.2 Å². The second-order valence-corrected chi connectivity index (χ2v) is 6.48. The summed E-state index contributed by atoms with van der Waals surface area (Å²) in [6.07, 6.45) is -4.47. The third-order valence-corrected chi connectivity index (χ3v) is 4.75. The molecule has 0 aliphatic rings. The largest absolute Gasteiger partial charge is 0.497 e. The zero-order chi connectivity index (χ0) is 18.7. The normalized spacial score (nSPS) is 11.3. The maximum atomic E-state index is 13.4. The van der Waals surface area contributed by atoms with Gasteiger partial charge in [-0.1, -0.05) is 12.1 Å². The van der Waals surface area contributed by atoms with Gasteiger partial charge >= 0.3 is 6.18 Å². The summed E-state index contributed by atoms with van der Waals surface area (Å²) in [7, 11) is 1.45. The standard InChI is InChI=1S/C19H13F3N2OS/c1-25-14-6-7-15-16(19(20,21)22)9-18(24-17(15)8-14)26-11-13-4-2-12(10-23)3-5-13/h2-9H,11H2,1H3. The molecule has 2 aromatic carbocycles. The average molecular weight is 374 g/mol. The Hall–Kier alpha value is -2.72. The third kappa shape index (κ3) is 3.92. The molecule has 0 atom stereocenters. The van der Waals surface area contributed by atoms with Gasteiger partial charge in [0.15, 0.2) is 0 Å². The van der Waals surface area contributed by atoms with Gasteiger partial charge in [0.1, 0.15) is 5.75 Å². The minimum Gasteiger partial charge on any atom is -0.497 e. The molecule has 0 saturated carbocycles. The first-order chi connectivity index (χ1) is 12.4. The van der Waals surface area contributed by atoms with Gasteiger partial charge in [-0.05, 0) is 35.9 Å². The number of methoxy groups -OCH3 is 1. The third-order valence-electron chi connectivity index (χ3n) is 3.77. The molecule has 3 nitrogen and oxygen atoms in total. The molecule has 3 aromatic rings. The van der Waals surface area contributed by atoms with E-state index in [1.165, 1.54) is 37.1 Å². The van der Waals surface area contributed by atoms with Crippen molar-refractivity contribution in [3.63, 3.8) is 0 Å². The van der Waals surface area contributed by atoms with Crippen molar-refractivity contribution < 1.29 is 17.9 Å². The molecule has 0 N–H and O–H groups in total. The summed E-state index contributed by atoms with van der Waals surface area (Å²) >= 11 is 1.21. The number of benzene rings is 2. The van der Waals surface area contributed by atoms with Gasteiger partial charge in [0, 0.05) is 17.2 Å². The van der Waals surface area contributed by atoms with E-state index in [-0.39, 0.29) is 15.9 Å². The summed E-state index contributed by atoms with van der Waals surface area (Å²) in [5.74, 6) is 0.901. The number of alkyl halides is 3. The molecule has 0 unspecified atom stereocenters. The molecule has 26 heavy (non-hydrogen) atoms. The molecule has 0 spiro atoms. The smallest absolute Gasteiger partial charge is 0.417 e. The van der Waals surface area contributed by atoms with Crippen LogP contribution in [0.4, 0.5) is 13.2 Å². The van der Waals surface area contributed by atoms with E-state index < -0.39 is 11.7 Å². The Bertz CT molecular complexity index is 979. The van der Waals surface area contributed by atoms with Gasteiger partial charge in [-0.15, -0.1) is 11.8 Å². The summed E-state index contributed by atoms with van der Waals surface area (Å²) in [4.78, 5) is 4.34. The van der Waals surface area contributed by atoms with Crippen LogP contribution in [0.15, 0.2) is 53.6 Å². The molecule has 3 rings (SSSR count). The van der Waals surface area contributed by atoms with Gasteiger partial charge < -0.3 is 4.74 Å². The van der Waals surface area contributed by atoms with Crippen LogP contribution in [0.2, 0.25) is 0 Å². The summed E-state index contributed by atoms with van der Waals surface area (Å²) < 4.78 is 45.4. The van der Waals surface area contributed by atoms with E-state index in [0.29, 0.717) is 17.1 Å². The van der Waals surface area contributed by atoms with Crippen LogP contribution in [-0.2, 0) is 11.9 Å². The van der Waals surface area contributed by atoms with Crippen molar-refractivity contribution in [2.24, 2.45) is 0 Å². The van der Waals surface area contributed by atoms with Gasteiger partial charge in [0.2, 0.25) is 0 Å². The maximum Gasteiger partial charge on any atom is 0.417 e. The number of ether oxygens (including phenoxy) is 1. The van der Waals surface area contributed by atoms with Crippen molar-refractivity contribution in [2.45, 2.75) is 17.0 Å². The van der Waals surface area contributed by atoms with Gasteiger partial charge in [0.25, 0.3) is 0 Å². The summed E-state index contributed by atoms with van der Waals surface area (Å²) in [5.41, 5.74) is 0.957. The highest BCUT2D eigenvalue weighted by atomic mass is 32.2. The van der Waals surface area contributed by atoms with Crippen molar-refractivity contribution in [3.8, 4) is 11.8 Å². The van der Waals surface area contributed by atoms with Crippen molar-refractivity contribution >= 4 is 22.7 Å². The monoisotopic (exact) mass is 374 g/mol. The topological polar surface area (TPSA) is 45.9 Å². The van der Waals surface area contributed by atoms with E-state index in [1.54, 1.807) is 24.3 Å². The lowest BCUT2D eigenvalue weighted by molar-refractivity contribution is -0.136. The van der Waals surface area contributed by atoms with E-state index in [2.05, 4.69) is 4.98 Å². The van der Waals surface area contributed by atoms with E-state index in [4.69, 9.17) is 10.00 Å². The van der Waals surface area contributed by atoms with E-state index in [9.17, 15) is 13.2 Å². The molecule has 7 heteroatoms. The van der Waals surface area contributed by atoms with Gasteiger partial charge in [-0.2, -0.15) is 18.4 Å². The van der Waals surface area contributed by atoms with Gasteiger partial charge in [-0.25, -0.2) is 4.98 Å². The van der Waals surface area contributed by atoms with Crippen molar-refractivity contribution in [2.75, 3.05) is 7.11 Å². The van der Waals surface area contributed by atoms with E-state index in [0.717, 1.165) is 11.6 Å². The SMILES string of the molecule is COc1ccc2c(C(F)(F)F)cc(SCc3ccc(C#N)cc3)nc2c1. The lowest BCUT2D eigenvalue weighted by Crippen LogP contribution is -2.07. The maximum absolute atomic E-state index is 13.4. The minimum absolute atomic E-state index is 0.0426. The Kier molecular flexibility index (Phi) is 5.05. The highest BCUT2D eigenvalue weighted by Gasteiger charge is 2.33. The van der Waals surface area contributed by atoms with Crippen LogP contribution in [0.1, 0.15) is 16.7 Å². The molecule has 0 fully saturated rings. The Morgan fingerprint density at radius 3 is 2.46 bits per heavy atom.